The summed E-state index contributed by atoms with van der Waals surface area (Å²) in [6.45, 7) is 12.3. The molecule has 1 fully saturated rings. The van der Waals surface area contributed by atoms with E-state index >= 15 is 0 Å². The van der Waals surface area contributed by atoms with Gasteiger partial charge in [0, 0.05) is 81.1 Å². The second kappa shape index (κ2) is 13.7. The average Bonchev–Trinajstić information content (AvgIpc) is 3.38. The van der Waals surface area contributed by atoms with Gasteiger partial charge in [0.2, 0.25) is 0 Å². The van der Waals surface area contributed by atoms with E-state index in [9.17, 15) is 0 Å². The van der Waals surface area contributed by atoms with Crippen LogP contribution >= 0.6 is 0 Å². The zero-order chi connectivity index (χ0) is 28.8. The molecule has 0 amide bonds. The number of nitrogens with zero attached hydrogens (tertiary/aromatic N) is 4. The lowest BCUT2D eigenvalue weighted by molar-refractivity contribution is 0.177. The van der Waals surface area contributed by atoms with Gasteiger partial charge >= 0.3 is 0 Å². The Labute approximate surface area is 246 Å². The van der Waals surface area contributed by atoms with Gasteiger partial charge in [0.05, 0.1) is 19.2 Å². The molecule has 2 aliphatic rings. The van der Waals surface area contributed by atoms with Crippen LogP contribution in [0.4, 0.5) is 11.5 Å². The molecule has 0 atom stereocenters. The second-order valence-corrected chi connectivity index (χ2v) is 12.0. The monoisotopic (exact) mass is 560 g/mol. The molecule has 41 heavy (non-hydrogen) atoms. The van der Waals surface area contributed by atoms with Crippen LogP contribution in [0.3, 0.4) is 0 Å². The first kappa shape index (κ1) is 29.4. The van der Waals surface area contributed by atoms with Crippen LogP contribution in [0.25, 0.3) is 10.9 Å². The van der Waals surface area contributed by atoms with Crippen molar-refractivity contribution in [1.82, 2.24) is 19.7 Å². The summed E-state index contributed by atoms with van der Waals surface area (Å²) in [6, 6.07) is 16.0. The smallest absolute Gasteiger partial charge is 0.163 e. The molecule has 2 aliphatic heterocycles. The first-order chi connectivity index (χ1) is 19.9. The second-order valence-electron chi connectivity index (χ2n) is 12.0. The lowest BCUT2D eigenvalue weighted by Crippen LogP contribution is -2.42. The van der Waals surface area contributed by atoms with Crippen molar-refractivity contribution in [2.45, 2.75) is 58.3 Å². The number of benzene rings is 2. The Hall–Kier alpha value is -3.07. The van der Waals surface area contributed by atoms with Gasteiger partial charge in [-0.25, -0.2) is 4.98 Å². The lowest BCUT2D eigenvalue weighted by atomic mass is 10.0. The first-order valence-corrected chi connectivity index (χ1v) is 15.2. The van der Waals surface area contributed by atoms with E-state index in [1.807, 2.05) is 6.07 Å². The van der Waals surface area contributed by atoms with E-state index in [0.29, 0.717) is 18.7 Å². The number of hydrogen-bond donors (Lipinski definition) is 2. The minimum Gasteiger partial charge on any atom is -0.493 e. The number of rotatable bonds is 13. The Kier molecular flexibility index (Phi) is 9.85. The Bertz CT molecular complexity index is 1260. The number of nitrogens with one attached hydrogen (secondary N) is 2. The quantitative estimate of drug-likeness (QED) is 0.274. The molecular formula is C33H48N6O2. The van der Waals surface area contributed by atoms with E-state index < -0.39 is 0 Å². The molecule has 2 aromatic carbocycles. The maximum atomic E-state index is 6.30. The van der Waals surface area contributed by atoms with Crippen LogP contribution in [0.5, 0.6) is 11.5 Å². The molecule has 3 heterocycles. The molecule has 2 N–H and O–H groups in total. The molecule has 5 rings (SSSR count). The van der Waals surface area contributed by atoms with Crippen molar-refractivity contribution in [2.24, 2.45) is 0 Å². The molecule has 8 heteroatoms. The standard InChI is InChI=1S/C33H48N6O2/c1-24(2)39-15-11-27(12-16-39)35-30-21-33(34-13-17-37(3)4)36-29-20-32(31(40-5)19-28(29)30)41-18-8-14-38-22-25-9-6-7-10-26(25)23-38/h6-7,9-10,19-21,24,27H,8,11-18,22-23H2,1-5H3,(H2,34,35,36). The van der Waals surface area contributed by atoms with Crippen molar-refractivity contribution < 1.29 is 9.47 Å². The summed E-state index contributed by atoms with van der Waals surface area (Å²) in [6.07, 6.45) is 3.22. The van der Waals surface area contributed by atoms with Crippen LogP contribution in [0, 0.1) is 0 Å². The van der Waals surface area contributed by atoms with Gasteiger partial charge in [0.15, 0.2) is 11.5 Å². The first-order valence-electron chi connectivity index (χ1n) is 15.2. The Morgan fingerprint density at radius 2 is 1.76 bits per heavy atom. The lowest BCUT2D eigenvalue weighted by Gasteiger charge is -2.35. The van der Waals surface area contributed by atoms with Gasteiger partial charge in [-0.1, -0.05) is 24.3 Å². The fraction of sp³-hybridized carbons (Fsp3) is 0.545. The highest BCUT2D eigenvalue weighted by molar-refractivity contribution is 5.95. The van der Waals surface area contributed by atoms with E-state index in [4.69, 9.17) is 14.5 Å². The topological polar surface area (TPSA) is 65.1 Å². The summed E-state index contributed by atoms with van der Waals surface area (Å²) in [5.74, 6) is 2.38. The fourth-order valence-corrected chi connectivity index (χ4v) is 5.94. The maximum absolute atomic E-state index is 6.30. The molecule has 222 valence electrons. The number of likely N-dealkylation sites (tertiary alicyclic amines) is 1. The van der Waals surface area contributed by atoms with Crippen molar-refractivity contribution in [3.05, 3.63) is 53.6 Å². The van der Waals surface area contributed by atoms with Crippen LogP contribution in [-0.4, -0.2) is 92.3 Å². The van der Waals surface area contributed by atoms with Crippen LogP contribution in [-0.2, 0) is 13.1 Å². The van der Waals surface area contributed by atoms with Gasteiger partial charge in [-0.15, -0.1) is 0 Å². The van der Waals surface area contributed by atoms with E-state index in [2.05, 4.69) is 89.7 Å². The van der Waals surface area contributed by atoms with Gasteiger partial charge in [0.25, 0.3) is 0 Å². The van der Waals surface area contributed by atoms with Gasteiger partial charge in [0.1, 0.15) is 5.82 Å². The van der Waals surface area contributed by atoms with Crippen LogP contribution in [0.1, 0.15) is 44.2 Å². The number of aromatic nitrogens is 1. The SMILES string of the molecule is COc1cc2c(NC3CCN(C(C)C)CC3)cc(NCCN(C)C)nc2cc1OCCCN1Cc2ccccc2C1. The summed E-state index contributed by atoms with van der Waals surface area (Å²) < 4.78 is 12.1. The average molecular weight is 561 g/mol. The summed E-state index contributed by atoms with van der Waals surface area (Å²) in [4.78, 5) is 12.2. The Morgan fingerprint density at radius 1 is 1.02 bits per heavy atom. The zero-order valence-corrected chi connectivity index (χ0v) is 25.6. The number of methoxy groups -OCH3 is 1. The summed E-state index contributed by atoms with van der Waals surface area (Å²) in [5, 5.41) is 8.46. The number of likely N-dealkylation sites (N-methyl/N-ethyl adjacent to an activating group) is 1. The maximum Gasteiger partial charge on any atom is 0.163 e. The third-order valence-corrected chi connectivity index (χ3v) is 8.36. The molecule has 3 aromatic rings. The zero-order valence-electron chi connectivity index (χ0n) is 25.6. The van der Waals surface area contributed by atoms with Crippen LogP contribution in [0.2, 0.25) is 0 Å². The van der Waals surface area contributed by atoms with Crippen molar-refractivity contribution in [2.75, 3.05) is 71.2 Å². The molecule has 0 bridgehead atoms. The van der Waals surface area contributed by atoms with Crippen molar-refractivity contribution >= 4 is 22.4 Å². The highest BCUT2D eigenvalue weighted by Gasteiger charge is 2.22. The van der Waals surface area contributed by atoms with Crippen LogP contribution < -0.4 is 20.1 Å². The summed E-state index contributed by atoms with van der Waals surface area (Å²) in [7, 11) is 5.89. The van der Waals surface area contributed by atoms with E-state index in [1.165, 1.54) is 11.1 Å². The molecule has 0 radical (unpaired) electrons. The van der Waals surface area contributed by atoms with E-state index in [-0.39, 0.29) is 0 Å². The third-order valence-electron chi connectivity index (χ3n) is 8.36. The summed E-state index contributed by atoms with van der Waals surface area (Å²) in [5.41, 5.74) is 4.90. The van der Waals surface area contributed by atoms with E-state index in [0.717, 1.165) is 99.0 Å². The molecule has 8 nitrogen and oxygen atoms in total. The van der Waals surface area contributed by atoms with Crippen LogP contribution in [0.15, 0.2) is 42.5 Å². The number of fused-ring (bicyclic) bond motifs is 2. The van der Waals surface area contributed by atoms with Crippen molar-refractivity contribution in [3.8, 4) is 11.5 Å². The molecule has 0 unspecified atom stereocenters. The molecule has 1 saturated heterocycles. The van der Waals surface area contributed by atoms with Gasteiger partial charge in [-0.05, 0) is 64.4 Å². The molecule has 1 aromatic heterocycles. The minimum atomic E-state index is 0.434. The number of anilines is 2. The Morgan fingerprint density at radius 3 is 2.41 bits per heavy atom. The number of ether oxygens (including phenoxy) is 2. The van der Waals surface area contributed by atoms with Crippen molar-refractivity contribution in [3.63, 3.8) is 0 Å². The van der Waals surface area contributed by atoms with Crippen molar-refractivity contribution in [1.29, 1.82) is 0 Å². The molecule has 0 aliphatic carbocycles. The largest absolute Gasteiger partial charge is 0.493 e. The van der Waals surface area contributed by atoms with Gasteiger partial charge in [-0.2, -0.15) is 0 Å². The minimum absolute atomic E-state index is 0.434. The number of piperidine rings is 1. The third kappa shape index (κ3) is 7.61. The fourth-order valence-electron chi connectivity index (χ4n) is 5.94. The number of pyridine rings is 1. The normalized spacial score (nSPS) is 16.5. The summed E-state index contributed by atoms with van der Waals surface area (Å²) >= 11 is 0. The van der Waals surface area contributed by atoms with Gasteiger partial charge in [-0.3, -0.25) is 4.90 Å². The molecule has 0 spiro atoms. The van der Waals surface area contributed by atoms with E-state index in [1.54, 1.807) is 7.11 Å². The predicted octanol–water partition coefficient (Wildman–Crippen LogP) is 5.29. The number of hydrogen-bond acceptors (Lipinski definition) is 8. The predicted molar refractivity (Wildman–Crippen MR) is 169 cm³/mol. The molecule has 0 saturated carbocycles. The highest BCUT2D eigenvalue weighted by atomic mass is 16.5. The highest BCUT2D eigenvalue weighted by Crippen LogP contribution is 2.37. The Balaban J connectivity index is 1.29. The van der Waals surface area contributed by atoms with Gasteiger partial charge < -0.3 is 29.9 Å². The molecular weight excluding hydrogens is 512 g/mol.